The van der Waals surface area contributed by atoms with E-state index in [2.05, 4.69) is 20.1 Å². The van der Waals surface area contributed by atoms with Gasteiger partial charge in [-0.2, -0.15) is 0 Å². The van der Waals surface area contributed by atoms with Crippen molar-refractivity contribution >= 4 is 11.7 Å². The van der Waals surface area contributed by atoms with E-state index in [0.29, 0.717) is 13.1 Å². The number of aromatic nitrogens is 1. The van der Waals surface area contributed by atoms with Gasteiger partial charge < -0.3 is 15.0 Å². The monoisotopic (exact) mass is 354 g/mol. The fourth-order valence-corrected chi connectivity index (χ4v) is 3.11. The van der Waals surface area contributed by atoms with E-state index in [0.717, 1.165) is 49.7 Å². The molecule has 2 heterocycles. The fraction of sp³-hybridized carbons (Fsp3) is 0.400. The minimum Gasteiger partial charge on any atom is -0.497 e. The molecule has 1 fully saturated rings. The third-order valence-corrected chi connectivity index (χ3v) is 4.58. The van der Waals surface area contributed by atoms with Gasteiger partial charge >= 0.3 is 0 Å². The van der Waals surface area contributed by atoms with E-state index in [-0.39, 0.29) is 5.91 Å². The van der Waals surface area contributed by atoms with E-state index in [1.54, 1.807) is 7.11 Å². The Morgan fingerprint density at radius 1 is 1.15 bits per heavy atom. The fourth-order valence-electron chi connectivity index (χ4n) is 3.11. The van der Waals surface area contributed by atoms with E-state index in [1.165, 1.54) is 0 Å². The number of piperazine rings is 1. The van der Waals surface area contributed by atoms with Crippen molar-refractivity contribution in [1.29, 1.82) is 0 Å². The highest BCUT2D eigenvalue weighted by molar-refractivity contribution is 5.78. The van der Waals surface area contributed by atoms with Crippen molar-refractivity contribution in [2.45, 2.75) is 6.42 Å². The Bertz CT molecular complexity index is 700. The van der Waals surface area contributed by atoms with Crippen LogP contribution in [-0.4, -0.2) is 62.2 Å². The molecule has 1 aliphatic rings. The lowest BCUT2D eigenvalue weighted by Crippen LogP contribution is -2.49. The number of nitrogens with one attached hydrogen (secondary N) is 1. The first-order chi connectivity index (χ1) is 12.7. The lowest BCUT2D eigenvalue weighted by Gasteiger charge is -2.34. The van der Waals surface area contributed by atoms with Crippen molar-refractivity contribution in [2.75, 3.05) is 51.3 Å². The van der Waals surface area contributed by atoms with Gasteiger partial charge in [0.2, 0.25) is 5.91 Å². The van der Waals surface area contributed by atoms with Gasteiger partial charge in [-0.3, -0.25) is 9.69 Å². The number of benzene rings is 1. The summed E-state index contributed by atoms with van der Waals surface area (Å²) in [5.41, 5.74) is 1.16. The van der Waals surface area contributed by atoms with Gasteiger partial charge in [-0.25, -0.2) is 4.98 Å². The van der Waals surface area contributed by atoms with Gasteiger partial charge in [-0.1, -0.05) is 18.2 Å². The van der Waals surface area contributed by atoms with Crippen LogP contribution in [0.5, 0.6) is 5.75 Å². The molecule has 0 aliphatic carbocycles. The second-order valence-electron chi connectivity index (χ2n) is 6.40. The van der Waals surface area contributed by atoms with E-state index in [9.17, 15) is 4.79 Å². The Labute approximate surface area is 154 Å². The van der Waals surface area contributed by atoms with Crippen molar-refractivity contribution in [3.63, 3.8) is 0 Å². The summed E-state index contributed by atoms with van der Waals surface area (Å²) >= 11 is 0. The highest BCUT2D eigenvalue weighted by atomic mass is 16.5. The normalized spacial score (nSPS) is 14.9. The molecule has 6 heteroatoms. The summed E-state index contributed by atoms with van der Waals surface area (Å²) in [5.74, 6) is 1.94. The number of methoxy groups -OCH3 is 1. The van der Waals surface area contributed by atoms with Crippen LogP contribution in [0.2, 0.25) is 0 Å². The Balaban J connectivity index is 1.36. The number of hydrogen-bond acceptors (Lipinski definition) is 5. The summed E-state index contributed by atoms with van der Waals surface area (Å²) in [6.45, 7) is 4.63. The molecule has 1 aliphatic heterocycles. The number of pyridine rings is 1. The molecular formula is C20H26N4O2. The lowest BCUT2D eigenvalue weighted by atomic mass is 10.1. The first-order valence-electron chi connectivity index (χ1n) is 9.02. The van der Waals surface area contributed by atoms with E-state index < -0.39 is 0 Å². The van der Waals surface area contributed by atoms with E-state index in [1.807, 2.05) is 48.7 Å². The standard InChI is InChI=1S/C20H26N4O2/c1-26-18-6-4-5-17(15-18)8-10-22-20(25)16-23-11-13-24(14-12-23)19-7-2-3-9-21-19/h2-7,9,15H,8,10-14,16H2,1H3,(H,22,25). The van der Waals surface area contributed by atoms with Crippen LogP contribution in [0.1, 0.15) is 5.56 Å². The highest BCUT2D eigenvalue weighted by Crippen LogP contribution is 2.13. The molecule has 0 bridgehead atoms. The molecule has 0 atom stereocenters. The van der Waals surface area contributed by atoms with Gasteiger partial charge in [0.1, 0.15) is 11.6 Å². The van der Waals surface area contributed by atoms with Gasteiger partial charge in [0.15, 0.2) is 0 Å². The molecule has 0 radical (unpaired) electrons. The molecule has 0 saturated carbocycles. The molecule has 0 unspecified atom stereocenters. The SMILES string of the molecule is COc1cccc(CCNC(=O)CN2CCN(c3ccccn3)CC2)c1. The minimum absolute atomic E-state index is 0.0826. The van der Waals surface area contributed by atoms with Crippen molar-refractivity contribution < 1.29 is 9.53 Å². The molecule has 1 amide bonds. The van der Waals surface area contributed by atoms with Crippen LogP contribution >= 0.6 is 0 Å². The molecule has 0 spiro atoms. The molecule has 1 aromatic heterocycles. The van der Waals surface area contributed by atoms with Gasteiger partial charge in [0.25, 0.3) is 0 Å². The summed E-state index contributed by atoms with van der Waals surface area (Å²) in [7, 11) is 1.66. The quantitative estimate of drug-likeness (QED) is 0.818. The van der Waals surface area contributed by atoms with Crippen molar-refractivity contribution in [1.82, 2.24) is 15.2 Å². The highest BCUT2D eigenvalue weighted by Gasteiger charge is 2.19. The Kier molecular flexibility index (Phi) is 6.44. The zero-order valence-corrected chi connectivity index (χ0v) is 15.2. The van der Waals surface area contributed by atoms with Crippen LogP contribution in [0.3, 0.4) is 0 Å². The smallest absolute Gasteiger partial charge is 0.234 e. The second kappa shape index (κ2) is 9.20. The third-order valence-electron chi connectivity index (χ3n) is 4.58. The van der Waals surface area contributed by atoms with Crippen LogP contribution in [0.25, 0.3) is 0 Å². The summed E-state index contributed by atoms with van der Waals surface area (Å²) in [4.78, 5) is 21.0. The number of hydrogen-bond donors (Lipinski definition) is 1. The summed E-state index contributed by atoms with van der Waals surface area (Å²) < 4.78 is 5.22. The van der Waals surface area contributed by atoms with E-state index in [4.69, 9.17) is 4.74 Å². The Morgan fingerprint density at radius 3 is 2.73 bits per heavy atom. The van der Waals surface area contributed by atoms with Gasteiger partial charge in [-0.15, -0.1) is 0 Å². The van der Waals surface area contributed by atoms with Gasteiger partial charge in [0, 0.05) is 38.9 Å². The summed E-state index contributed by atoms with van der Waals surface area (Å²) in [6.07, 6.45) is 2.62. The Hall–Kier alpha value is -2.60. The largest absolute Gasteiger partial charge is 0.497 e. The zero-order valence-electron chi connectivity index (χ0n) is 15.2. The van der Waals surface area contributed by atoms with Crippen LogP contribution in [0.4, 0.5) is 5.82 Å². The molecular weight excluding hydrogens is 328 g/mol. The summed E-state index contributed by atoms with van der Waals surface area (Å²) in [5, 5.41) is 3.01. The number of rotatable bonds is 7. The number of carbonyl (C=O) groups excluding carboxylic acids is 1. The van der Waals surface area contributed by atoms with Gasteiger partial charge in [0.05, 0.1) is 13.7 Å². The molecule has 2 aromatic rings. The molecule has 1 aromatic carbocycles. The molecule has 1 N–H and O–H groups in total. The maximum atomic E-state index is 12.2. The maximum Gasteiger partial charge on any atom is 0.234 e. The summed E-state index contributed by atoms with van der Waals surface area (Å²) in [6, 6.07) is 13.9. The number of carbonyl (C=O) groups is 1. The van der Waals surface area contributed by atoms with Crippen LogP contribution in [-0.2, 0) is 11.2 Å². The molecule has 26 heavy (non-hydrogen) atoms. The molecule has 3 rings (SSSR count). The predicted molar refractivity (Wildman–Crippen MR) is 103 cm³/mol. The number of amides is 1. The maximum absolute atomic E-state index is 12.2. The van der Waals surface area contributed by atoms with E-state index >= 15 is 0 Å². The van der Waals surface area contributed by atoms with Crippen molar-refractivity contribution in [3.8, 4) is 5.75 Å². The second-order valence-corrected chi connectivity index (χ2v) is 6.40. The lowest BCUT2D eigenvalue weighted by molar-refractivity contribution is -0.122. The number of anilines is 1. The molecule has 6 nitrogen and oxygen atoms in total. The number of ether oxygens (including phenoxy) is 1. The first-order valence-corrected chi connectivity index (χ1v) is 9.02. The number of nitrogens with zero attached hydrogens (tertiary/aromatic N) is 3. The average molecular weight is 354 g/mol. The van der Waals surface area contributed by atoms with Gasteiger partial charge in [-0.05, 0) is 36.2 Å². The third kappa shape index (κ3) is 5.20. The van der Waals surface area contributed by atoms with Crippen LogP contribution in [0.15, 0.2) is 48.7 Å². The topological polar surface area (TPSA) is 57.7 Å². The van der Waals surface area contributed by atoms with Crippen LogP contribution in [0, 0.1) is 0 Å². The first kappa shape index (κ1) is 18.2. The average Bonchev–Trinajstić information content (AvgIpc) is 2.69. The predicted octanol–water partition coefficient (Wildman–Crippen LogP) is 1.57. The Morgan fingerprint density at radius 2 is 2.00 bits per heavy atom. The van der Waals surface area contributed by atoms with Crippen LogP contribution < -0.4 is 15.0 Å². The minimum atomic E-state index is 0.0826. The van der Waals surface area contributed by atoms with Crippen molar-refractivity contribution in [3.05, 3.63) is 54.2 Å². The molecule has 138 valence electrons. The van der Waals surface area contributed by atoms with Crippen molar-refractivity contribution in [2.24, 2.45) is 0 Å². The molecule has 1 saturated heterocycles. The zero-order chi connectivity index (χ0) is 18.2.